The molecule has 3 rings (SSSR count). The number of nitrogens with zero attached hydrogens (tertiary/aromatic N) is 1. The van der Waals surface area contributed by atoms with Crippen molar-refractivity contribution >= 4 is 33.4 Å². The van der Waals surface area contributed by atoms with Crippen LogP contribution in [0.15, 0.2) is 64.6 Å². The van der Waals surface area contributed by atoms with E-state index < -0.39 is 17.7 Å². The smallest absolute Gasteiger partial charge is 0.295 e. The zero-order valence-electron chi connectivity index (χ0n) is 15.9. The molecule has 1 unspecified atom stereocenters. The number of halogens is 1. The number of amides is 1. The van der Waals surface area contributed by atoms with Crippen molar-refractivity contribution in [2.75, 3.05) is 27.2 Å². The van der Waals surface area contributed by atoms with E-state index in [-0.39, 0.29) is 11.3 Å². The van der Waals surface area contributed by atoms with Crippen molar-refractivity contribution in [2.45, 2.75) is 12.5 Å². The van der Waals surface area contributed by atoms with E-state index in [0.717, 1.165) is 23.0 Å². The van der Waals surface area contributed by atoms with E-state index in [1.165, 1.54) is 4.90 Å². The van der Waals surface area contributed by atoms with E-state index in [1.54, 1.807) is 29.2 Å². The second-order valence-electron chi connectivity index (χ2n) is 7.20. The molecule has 1 amide bonds. The Balaban J connectivity index is 2.08. The molecular weight excluding hydrogens is 420 g/mol. The molecule has 2 aromatic carbocycles. The summed E-state index contributed by atoms with van der Waals surface area (Å²) in [6, 6.07) is 15.4. The molecule has 1 N–H and O–H groups in total. The molecule has 2 aromatic rings. The molecule has 1 saturated heterocycles. The molecular formula is C22H23BrN2O3. The highest BCUT2D eigenvalue weighted by Crippen LogP contribution is 2.39. The Kier molecular flexibility index (Phi) is 6.31. The van der Waals surface area contributed by atoms with Gasteiger partial charge in [-0.25, -0.2) is 0 Å². The Morgan fingerprint density at radius 1 is 1.11 bits per heavy atom. The number of carbonyl (C=O) groups excluding carboxylic acids is 2. The summed E-state index contributed by atoms with van der Waals surface area (Å²) < 4.78 is 0.834. The van der Waals surface area contributed by atoms with Crippen LogP contribution in [0.3, 0.4) is 0 Å². The summed E-state index contributed by atoms with van der Waals surface area (Å²) in [5.74, 6) is -1.68. The van der Waals surface area contributed by atoms with Crippen LogP contribution in [0.4, 0.5) is 0 Å². The first kappa shape index (κ1) is 20.3. The normalized spacial score (nSPS) is 18.9. The van der Waals surface area contributed by atoms with Crippen molar-refractivity contribution in [2.24, 2.45) is 0 Å². The van der Waals surface area contributed by atoms with Gasteiger partial charge in [0.1, 0.15) is 0 Å². The fourth-order valence-corrected chi connectivity index (χ4v) is 3.89. The van der Waals surface area contributed by atoms with Crippen LogP contribution in [0.25, 0.3) is 5.76 Å². The maximum absolute atomic E-state index is 13.1. The van der Waals surface area contributed by atoms with Gasteiger partial charge in [-0.15, -0.1) is 0 Å². The first-order chi connectivity index (χ1) is 13.4. The number of quaternary nitrogens is 1. The highest BCUT2D eigenvalue weighted by Gasteiger charge is 2.43. The number of ketones is 1. The molecule has 1 aliphatic heterocycles. The Hall–Kier alpha value is -2.44. The molecule has 0 radical (unpaired) electrons. The van der Waals surface area contributed by atoms with Gasteiger partial charge in [0.2, 0.25) is 5.78 Å². The third-order valence-corrected chi connectivity index (χ3v) is 5.30. The summed E-state index contributed by atoms with van der Waals surface area (Å²) in [6.07, 6.45) is 0.749. The van der Waals surface area contributed by atoms with Crippen LogP contribution < -0.4 is 10.0 Å². The van der Waals surface area contributed by atoms with Gasteiger partial charge in [-0.05, 0) is 23.3 Å². The average molecular weight is 443 g/mol. The number of benzene rings is 2. The minimum atomic E-state index is -0.698. The van der Waals surface area contributed by atoms with Crippen LogP contribution in [0.1, 0.15) is 23.6 Å². The van der Waals surface area contributed by atoms with Crippen LogP contribution in [0.2, 0.25) is 0 Å². The van der Waals surface area contributed by atoms with E-state index in [2.05, 4.69) is 15.9 Å². The Bertz CT molecular complexity index is 909. The standard InChI is InChI=1S/C22H23BrN2O3/c1-24(2)12-7-13-25-19(16-10-6-11-17(23)14-16)18(21(27)22(25)28)20(26)15-8-4-3-5-9-15/h3-6,8-11,14,19,26H,7,12-13H2,1-2H3. The molecule has 0 aliphatic carbocycles. The van der Waals surface area contributed by atoms with Crippen LogP contribution in [0.5, 0.6) is 0 Å². The van der Waals surface area contributed by atoms with E-state index in [9.17, 15) is 14.7 Å². The minimum absolute atomic E-state index is 0.0338. The summed E-state index contributed by atoms with van der Waals surface area (Å²) in [6.45, 7) is 1.30. The summed E-state index contributed by atoms with van der Waals surface area (Å²) in [5, 5.41) is 13.1. The summed E-state index contributed by atoms with van der Waals surface area (Å²) in [7, 11) is 4.08. The van der Waals surface area contributed by atoms with Gasteiger partial charge in [-0.2, -0.15) is 0 Å². The molecule has 1 atom stereocenters. The molecule has 0 aromatic heterocycles. The number of hydrogen-bond donors (Lipinski definition) is 1. The van der Waals surface area contributed by atoms with E-state index >= 15 is 0 Å². The number of likely N-dealkylation sites (tertiary alicyclic amines) is 1. The third-order valence-electron chi connectivity index (χ3n) is 4.81. The van der Waals surface area contributed by atoms with Crippen molar-refractivity contribution in [1.29, 1.82) is 0 Å². The summed E-state index contributed by atoms with van der Waals surface area (Å²) >= 11 is 3.45. The second-order valence-corrected chi connectivity index (χ2v) is 8.12. The topological polar surface area (TPSA) is 64.9 Å². The maximum atomic E-state index is 13.1. The summed E-state index contributed by atoms with van der Waals surface area (Å²) in [4.78, 5) is 28.4. The SMILES string of the molecule is C[NH+](C)CCCN1C(=O)C(=O)C(=C([O-])c2ccccc2)C1c1cccc(Br)c1. The van der Waals surface area contributed by atoms with Crippen molar-refractivity contribution < 1.29 is 19.6 Å². The molecule has 0 saturated carbocycles. The molecule has 1 heterocycles. The van der Waals surface area contributed by atoms with Crippen LogP contribution in [-0.4, -0.2) is 43.8 Å². The lowest BCUT2D eigenvalue weighted by molar-refractivity contribution is -0.858. The molecule has 28 heavy (non-hydrogen) atoms. The zero-order chi connectivity index (χ0) is 20.3. The predicted octanol–water partition coefficient (Wildman–Crippen LogP) is 1.21. The quantitative estimate of drug-likeness (QED) is 0.415. The zero-order valence-corrected chi connectivity index (χ0v) is 17.5. The molecule has 0 spiro atoms. The van der Waals surface area contributed by atoms with Crippen LogP contribution in [-0.2, 0) is 9.59 Å². The van der Waals surface area contributed by atoms with E-state index in [1.807, 2.05) is 44.4 Å². The lowest BCUT2D eigenvalue weighted by Crippen LogP contribution is -3.05. The van der Waals surface area contributed by atoms with Crippen molar-refractivity contribution in [1.82, 2.24) is 4.90 Å². The number of Topliss-reactive ketones (excluding diaryl/α,β-unsaturated/α-hetero) is 1. The lowest BCUT2D eigenvalue weighted by atomic mass is 9.95. The van der Waals surface area contributed by atoms with Gasteiger partial charge < -0.3 is 14.9 Å². The van der Waals surface area contributed by atoms with Crippen molar-refractivity contribution in [3.8, 4) is 0 Å². The Morgan fingerprint density at radius 3 is 2.46 bits per heavy atom. The van der Waals surface area contributed by atoms with Gasteiger partial charge in [-0.3, -0.25) is 9.59 Å². The van der Waals surface area contributed by atoms with Crippen molar-refractivity contribution in [3.05, 3.63) is 75.8 Å². The fourth-order valence-electron chi connectivity index (χ4n) is 3.47. The monoisotopic (exact) mass is 442 g/mol. The first-order valence-corrected chi connectivity index (χ1v) is 10.1. The number of hydrogen-bond acceptors (Lipinski definition) is 3. The fraction of sp³-hybridized carbons (Fsp3) is 0.273. The Morgan fingerprint density at radius 2 is 1.82 bits per heavy atom. The van der Waals surface area contributed by atoms with E-state index in [4.69, 9.17) is 0 Å². The van der Waals surface area contributed by atoms with Gasteiger partial charge in [-0.1, -0.05) is 64.2 Å². The molecule has 1 aliphatic rings. The summed E-state index contributed by atoms with van der Waals surface area (Å²) in [5.41, 5.74) is 1.20. The molecule has 146 valence electrons. The maximum Gasteiger partial charge on any atom is 0.295 e. The molecule has 5 nitrogen and oxygen atoms in total. The van der Waals surface area contributed by atoms with Gasteiger partial charge >= 0.3 is 0 Å². The molecule has 1 fully saturated rings. The first-order valence-electron chi connectivity index (χ1n) is 9.26. The van der Waals surface area contributed by atoms with Crippen molar-refractivity contribution in [3.63, 3.8) is 0 Å². The van der Waals surface area contributed by atoms with Gasteiger partial charge in [0.25, 0.3) is 5.91 Å². The molecule has 0 bridgehead atoms. The largest absolute Gasteiger partial charge is 0.872 e. The average Bonchev–Trinajstić information content (AvgIpc) is 2.93. The van der Waals surface area contributed by atoms with Gasteiger partial charge in [0, 0.05) is 23.0 Å². The minimum Gasteiger partial charge on any atom is -0.872 e. The third kappa shape index (κ3) is 4.18. The van der Waals surface area contributed by atoms with Gasteiger partial charge in [0.15, 0.2) is 0 Å². The van der Waals surface area contributed by atoms with Crippen LogP contribution in [0, 0.1) is 0 Å². The van der Waals surface area contributed by atoms with E-state index in [0.29, 0.717) is 12.1 Å². The highest BCUT2D eigenvalue weighted by atomic mass is 79.9. The van der Waals surface area contributed by atoms with Crippen LogP contribution >= 0.6 is 15.9 Å². The second kappa shape index (κ2) is 8.71. The number of rotatable bonds is 6. The number of carbonyl (C=O) groups is 2. The Labute approximate surface area is 173 Å². The molecule has 6 heteroatoms. The number of nitrogens with one attached hydrogen (secondary N) is 1. The van der Waals surface area contributed by atoms with Gasteiger partial charge in [0.05, 0.1) is 26.7 Å². The predicted molar refractivity (Wildman–Crippen MR) is 109 cm³/mol. The highest BCUT2D eigenvalue weighted by molar-refractivity contribution is 9.10. The lowest BCUT2D eigenvalue weighted by Gasteiger charge is -2.27.